The van der Waals surface area contributed by atoms with Gasteiger partial charge in [0.25, 0.3) is 0 Å². The number of nitriles is 1. The molecule has 0 spiro atoms. The van der Waals surface area contributed by atoms with Crippen LogP contribution in [0.4, 0.5) is 15.8 Å². The second-order valence-electron chi connectivity index (χ2n) is 3.37. The summed E-state index contributed by atoms with van der Waals surface area (Å²) in [6, 6.07) is 3.69. The second-order valence-corrected chi connectivity index (χ2v) is 3.37. The number of anilines is 2. The van der Waals surface area contributed by atoms with E-state index in [1.807, 2.05) is 0 Å². The van der Waals surface area contributed by atoms with Crippen molar-refractivity contribution in [2.45, 2.75) is 18.6 Å². The molecule has 6 heteroatoms. The summed E-state index contributed by atoms with van der Waals surface area (Å²) in [5.74, 6) is -0.662. The molecule has 0 aromatic heterocycles. The Labute approximate surface area is 91.7 Å². The Bertz CT molecular complexity index is 431. The van der Waals surface area contributed by atoms with Crippen LogP contribution in [-0.4, -0.2) is 16.3 Å². The molecule has 0 radical (unpaired) electrons. The van der Waals surface area contributed by atoms with Crippen molar-refractivity contribution in [1.29, 1.82) is 5.26 Å². The zero-order valence-electron chi connectivity index (χ0n) is 8.39. The largest absolute Gasteiger partial charge is 0.397 e. The van der Waals surface area contributed by atoms with Crippen molar-refractivity contribution in [2.75, 3.05) is 11.5 Å². The number of halogens is 1. The summed E-state index contributed by atoms with van der Waals surface area (Å²) in [5.41, 5.74) is 10.9. The maximum absolute atomic E-state index is 13.0. The van der Waals surface area contributed by atoms with E-state index in [0.717, 1.165) is 12.1 Å². The molecule has 0 fully saturated rings. The molecule has 0 aliphatic rings. The van der Waals surface area contributed by atoms with Crippen molar-refractivity contribution in [3.05, 3.63) is 23.5 Å². The van der Waals surface area contributed by atoms with Gasteiger partial charge >= 0.3 is 0 Å². The van der Waals surface area contributed by atoms with Gasteiger partial charge in [-0.15, -0.1) is 0 Å². The SMILES string of the molecule is N#CCC(O)C(O)c1cc(F)cc(N)c1N. The molecule has 1 aromatic carbocycles. The molecule has 2 atom stereocenters. The molecule has 0 saturated heterocycles. The van der Waals surface area contributed by atoms with E-state index in [9.17, 15) is 14.6 Å². The van der Waals surface area contributed by atoms with Gasteiger partial charge in [-0.25, -0.2) is 4.39 Å². The minimum atomic E-state index is -1.43. The van der Waals surface area contributed by atoms with Gasteiger partial charge in [0.05, 0.1) is 30.0 Å². The summed E-state index contributed by atoms with van der Waals surface area (Å²) >= 11 is 0. The van der Waals surface area contributed by atoms with Gasteiger partial charge in [-0.3, -0.25) is 0 Å². The third kappa shape index (κ3) is 2.39. The van der Waals surface area contributed by atoms with Crippen molar-refractivity contribution in [2.24, 2.45) is 0 Å². The highest BCUT2D eigenvalue weighted by Crippen LogP contribution is 2.29. The highest BCUT2D eigenvalue weighted by Gasteiger charge is 2.22. The fourth-order valence-corrected chi connectivity index (χ4v) is 1.32. The first kappa shape index (κ1) is 12.2. The molecule has 0 amide bonds. The Hall–Kier alpha value is -1.84. The Morgan fingerprint density at radius 3 is 2.56 bits per heavy atom. The summed E-state index contributed by atoms with van der Waals surface area (Å²) in [6.07, 6.45) is -3.04. The highest BCUT2D eigenvalue weighted by atomic mass is 19.1. The number of benzene rings is 1. The maximum Gasteiger partial charge on any atom is 0.125 e. The minimum absolute atomic E-state index is 0.00545. The van der Waals surface area contributed by atoms with E-state index >= 15 is 0 Å². The molecular weight excluding hydrogens is 213 g/mol. The van der Waals surface area contributed by atoms with Crippen LogP contribution in [0.3, 0.4) is 0 Å². The summed E-state index contributed by atoms with van der Waals surface area (Å²) in [6.45, 7) is 0. The van der Waals surface area contributed by atoms with Crippen molar-refractivity contribution >= 4 is 11.4 Å². The molecule has 2 unspecified atom stereocenters. The molecule has 1 aromatic rings. The van der Waals surface area contributed by atoms with E-state index in [0.29, 0.717) is 0 Å². The zero-order chi connectivity index (χ0) is 12.3. The summed E-state index contributed by atoms with van der Waals surface area (Å²) in [4.78, 5) is 0. The lowest BCUT2D eigenvalue weighted by Gasteiger charge is -2.18. The van der Waals surface area contributed by atoms with E-state index < -0.39 is 18.0 Å². The Morgan fingerprint density at radius 1 is 1.38 bits per heavy atom. The lowest BCUT2D eigenvalue weighted by Crippen LogP contribution is -2.19. The van der Waals surface area contributed by atoms with Crippen LogP contribution in [0.1, 0.15) is 18.1 Å². The molecular formula is C10H12FN3O2. The Morgan fingerprint density at radius 2 is 2.00 bits per heavy atom. The van der Waals surface area contributed by atoms with Gasteiger partial charge in [-0.1, -0.05) is 0 Å². The quantitative estimate of drug-likeness (QED) is 0.552. The Balaban J connectivity index is 3.08. The number of nitrogens with two attached hydrogens (primary N) is 2. The molecule has 5 nitrogen and oxygen atoms in total. The van der Waals surface area contributed by atoms with Gasteiger partial charge < -0.3 is 21.7 Å². The lowest BCUT2D eigenvalue weighted by atomic mass is 10.00. The van der Waals surface area contributed by atoms with Crippen LogP contribution in [0.5, 0.6) is 0 Å². The molecule has 0 saturated carbocycles. The summed E-state index contributed by atoms with van der Waals surface area (Å²) in [5, 5.41) is 27.4. The van der Waals surface area contributed by atoms with E-state index in [1.165, 1.54) is 0 Å². The first-order valence-corrected chi connectivity index (χ1v) is 4.54. The normalized spacial score (nSPS) is 14.1. The zero-order valence-corrected chi connectivity index (χ0v) is 8.39. The third-order valence-electron chi connectivity index (χ3n) is 2.19. The number of aliphatic hydroxyl groups excluding tert-OH is 2. The number of hydrogen-bond acceptors (Lipinski definition) is 5. The molecule has 86 valence electrons. The van der Waals surface area contributed by atoms with Crippen molar-refractivity contribution in [1.82, 2.24) is 0 Å². The van der Waals surface area contributed by atoms with Crippen LogP contribution in [0.25, 0.3) is 0 Å². The molecule has 0 heterocycles. The highest BCUT2D eigenvalue weighted by molar-refractivity contribution is 5.68. The fraction of sp³-hybridized carbons (Fsp3) is 0.300. The van der Waals surface area contributed by atoms with E-state index in [2.05, 4.69) is 0 Å². The monoisotopic (exact) mass is 225 g/mol. The molecule has 16 heavy (non-hydrogen) atoms. The van der Waals surface area contributed by atoms with Gasteiger partial charge in [-0.2, -0.15) is 5.26 Å². The van der Waals surface area contributed by atoms with Crippen LogP contribution in [0, 0.1) is 17.1 Å². The molecule has 1 rings (SSSR count). The Kier molecular flexibility index (Phi) is 3.66. The van der Waals surface area contributed by atoms with E-state index in [-0.39, 0.29) is 23.4 Å². The van der Waals surface area contributed by atoms with Crippen LogP contribution >= 0.6 is 0 Å². The number of hydrogen-bond donors (Lipinski definition) is 4. The average Bonchev–Trinajstić information content (AvgIpc) is 2.22. The van der Waals surface area contributed by atoms with Gasteiger partial charge in [0.15, 0.2) is 0 Å². The van der Waals surface area contributed by atoms with Gasteiger partial charge in [-0.05, 0) is 12.1 Å². The fourth-order valence-electron chi connectivity index (χ4n) is 1.32. The standard InChI is InChI=1S/C10H12FN3O2/c11-5-3-6(9(14)7(13)4-5)10(16)8(15)1-2-12/h3-4,8,10,15-16H,1,13-14H2. The topological polar surface area (TPSA) is 116 Å². The van der Waals surface area contributed by atoms with Gasteiger partial charge in [0.1, 0.15) is 11.9 Å². The average molecular weight is 225 g/mol. The molecule has 6 N–H and O–H groups in total. The lowest BCUT2D eigenvalue weighted by molar-refractivity contribution is 0.0219. The second kappa shape index (κ2) is 4.79. The first-order valence-electron chi connectivity index (χ1n) is 4.54. The van der Waals surface area contributed by atoms with Crippen molar-refractivity contribution < 1.29 is 14.6 Å². The summed E-state index contributed by atoms with van der Waals surface area (Å²) in [7, 11) is 0. The number of nitrogen functional groups attached to an aromatic ring is 2. The van der Waals surface area contributed by atoms with Crippen LogP contribution in [0.2, 0.25) is 0 Å². The van der Waals surface area contributed by atoms with Gasteiger partial charge in [0, 0.05) is 5.56 Å². The van der Waals surface area contributed by atoms with Crippen LogP contribution in [-0.2, 0) is 0 Å². The molecule has 0 aliphatic heterocycles. The van der Waals surface area contributed by atoms with Crippen LogP contribution in [0.15, 0.2) is 12.1 Å². The van der Waals surface area contributed by atoms with Crippen molar-refractivity contribution in [3.63, 3.8) is 0 Å². The third-order valence-corrected chi connectivity index (χ3v) is 2.19. The van der Waals surface area contributed by atoms with Crippen LogP contribution < -0.4 is 11.5 Å². The smallest absolute Gasteiger partial charge is 0.125 e. The number of aliphatic hydroxyl groups is 2. The van der Waals surface area contributed by atoms with Crippen molar-refractivity contribution in [3.8, 4) is 6.07 Å². The predicted molar refractivity (Wildman–Crippen MR) is 56.4 cm³/mol. The maximum atomic E-state index is 13.0. The number of rotatable bonds is 3. The molecule has 0 aliphatic carbocycles. The van der Waals surface area contributed by atoms with Gasteiger partial charge in [0.2, 0.25) is 0 Å². The molecule has 0 bridgehead atoms. The first-order chi connectivity index (χ1) is 7.47. The van der Waals surface area contributed by atoms with E-state index in [1.54, 1.807) is 6.07 Å². The van der Waals surface area contributed by atoms with E-state index in [4.69, 9.17) is 16.7 Å². The number of nitrogens with zero attached hydrogens (tertiary/aromatic N) is 1. The summed E-state index contributed by atoms with van der Waals surface area (Å²) < 4.78 is 13.0. The minimum Gasteiger partial charge on any atom is -0.397 e. The predicted octanol–water partition coefficient (Wildman–Crippen LogP) is 0.298.